The van der Waals surface area contributed by atoms with Gasteiger partial charge >= 0.3 is 6.18 Å². The van der Waals surface area contributed by atoms with Crippen molar-refractivity contribution in [1.82, 2.24) is 0 Å². The minimum absolute atomic E-state index is 0.0815. The van der Waals surface area contributed by atoms with E-state index in [2.05, 4.69) is 0 Å². The first-order chi connectivity index (χ1) is 10.8. The summed E-state index contributed by atoms with van der Waals surface area (Å²) in [6.45, 7) is 3.64. The molecule has 2 aromatic carbocycles. The van der Waals surface area contributed by atoms with Crippen LogP contribution in [0.2, 0.25) is 0 Å². The van der Waals surface area contributed by atoms with Gasteiger partial charge in [0.05, 0.1) is 11.7 Å². The van der Waals surface area contributed by atoms with E-state index in [1.807, 2.05) is 19.9 Å². The maximum atomic E-state index is 13.4. The highest BCUT2D eigenvalue weighted by Gasteiger charge is 2.36. The van der Waals surface area contributed by atoms with Gasteiger partial charge in [-0.15, -0.1) is 0 Å². The topological polar surface area (TPSA) is 18.5 Å². The Bertz CT molecular complexity index is 636. The molecule has 0 saturated heterocycles. The first kappa shape index (κ1) is 17.3. The lowest BCUT2D eigenvalue weighted by molar-refractivity contribution is -0.139. The van der Waals surface area contributed by atoms with Crippen LogP contribution in [0.5, 0.6) is 11.5 Å². The summed E-state index contributed by atoms with van der Waals surface area (Å²) in [5, 5.41) is 0. The molecule has 0 N–H and O–H groups in total. The van der Waals surface area contributed by atoms with Crippen molar-refractivity contribution in [1.29, 1.82) is 0 Å². The average molecular weight is 324 g/mol. The minimum atomic E-state index is -4.48. The Hall–Kier alpha value is -2.01. The molecule has 0 aliphatic rings. The van der Waals surface area contributed by atoms with Crippen molar-refractivity contribution in [3.8, 4) is 11.5 Å². The van der Waals surface area contributed by atoms with Crippen molar-refractivity contribution in [2.45, 2.75) is 26.1 Å². The molecular formula is C18H19F3O2. The minimum Gasteiger partial charge on any atom is -0.457 e. The van der Waals surface area contributed by atoms with Gasteiger partial charge in [0.25, 0.3) is 0 Å². The summed E-state index contributed by atoms with van der Waals surface area (Å²) in [5.74, 6) is 0.549. The molecule has 0 spiro atoms. The Labute approximate surface area is 133 Å². The monoisotopic (exact) mass is 324 g/mol. The fourth-order valence-corrected chi connectivity index (χ4v) is 2.48. The zero-order valence-electron chi connectivity index (χ0n) is 13.2. The van der Waals surface area contributed by atoms with E-state index in [0.29, 0.717) is 5.75 Å². The molecule has 0 bridgehead atoms. The van der Waals surface area contributed by atoms with E-state index in [9.17, 15) is 13.2 Å². The summed E-state index contributed by atoms with van der Waals surface area (Å²) < 4.78 is 51.0. The van der Waals surface area contributed by atoms with Gasteiger partial charge in [-0.3, -0.25) is 0 Å². The van der Waals surface area contributed by atoms with Crippen LogP contribution in [0.25, 0.3) is 0 Å². The van der Waals surface area contributed by atoms with E-state index in [0.717, 1.165) is 6.07 Å². The molecule has 2 rings (SSSR count). The number of hydrogen-bond acceptors (Lipinski definition) is 2. The van der Waals surface area contributed by atoms with Crippen molar-refractivity contribution in [2.75, 3.05) is 7.11 Å². The van der Waals surface area contributed by atoms with Gasteiger partial charge in [-0.05, 0) is 35.7 Å². The highest BCUT2D eigenvalue weighted by Crippen LogP contribution is 2.40. The van der Waals surface area contributed by atoms with Gasteiger partial charge in [-0.1, -0.05) is 38.1 Å². The zero-order chi connectivity index (χ0) is 17.0. The number of alkyl halides is 3. The van der Waals surface area contributed by atoms with Crippen LogP contribution in [-0.2, 0) is 10.9 Å². The normalized spacial score (nSPS) is 13.2. The molecule has 0 amide bonds. The van der Waals surface area contributed by atoms with Crippen LogP contribution < -0.4 is 4.74 Å². The van der Waals surface area contributed by atoms with Crippen LogP contribution in [-0.4, -0.2) is 7.11 Å². The van der Waals surface area contributed by atoms with Gasteiger partial charge in [0.15, 0.2) is 0 Å². The Morgan fingerprint density at radius 3 is 2.09 bits per heavy atom. The maximum Gasteiger partial charge on any atom is 0.416 e. The number of methoxy groups -OCH3 is 1. The van der Waals surface area contributed by atoms with Crippen molar-refractivity contribution in [3.05, 3.63) is 59.7 Å². The van der Waals surface area contributed by atoms with Gasteiger partial charge in [0.1, 0.15) is 11.5 Å². The van der Waals surface area contributed by atoms with Crippen molar-refractivity contribution in [3.63, 3.8) is 0 Å². The number of ether oxygens (including phenoxy) is 2. The number of para-hydroxylation sites is 1. The number of benzene rings is 2. The van der Waals surface area contributed by atoms with Crippen LogP contribution in [0, 0.1) is 5.92 Å². The Morgan fingerprint density at radius 2 is 1.57 bits per heavy atom. The van der Waals surface area contributed by atoms with Crippen LogP contribution >= 0.6 is 0 Å². The predicted molar refractivity (Wildman–Crippen MR) is 82.5 cm³/mol. The lowest BCUT2D eigenvalue weighted by Gasteiger charge is -2.24. The third-order valence-electron chi connectivity index (χ3n) is 3.48. The lowest BCUT2D eigenvalue weighted by Crippen LogP contribution is -2.16. The second kappa shape index (κ2) is 7.04. The zero-order valence-corrected chi connectivity index (χ0v) is 13.2. The summed E-state index contributed by atoms with van der Waals surface area (Å²) >= 11 is 0. The summed E-state index contributed by atoms with van der Waals surface area (Å²) in [6.07, 6.45) is -5.10. The molecule has 2 nitrogen and oxygen atoms in total. The molecule has 0 saturated carbocycles. The molecule has 0 aliphatic heterocycles. The summed E-state index contributed by atoms with van der Waals surface area (Å²) in [4.78, 5) is 0. The molecular weight excluding hydrogens is 305 g/mol. The quantitative estimate of drug-likeness (QED) is 0.688. The molecule has 124 valence electrons. The standard InChI is InChI=1S/C18H19F3O2/c1-12(2)17(22-3)15-10-9-14(11-16(15)18(19,20)21)23-13-7-5-4-6-8-13/h4-12,17H,1-3H3. The molecule has 1 atom stereocenters. The number of halogens is 3. The van der Waals surface area contributed by atoms with E-state index < -0.39 is 17.8 Å². The largest absolute Gasteiger partial charge is 0.457 e. The van der Waals surface area contributed by atoms with Gasteiger partial charge in [-0.25, -0.2) is 0 Å². The van der Waals surface area contributed by atoms with Crippen LogP contribution in [0.15, 0.2) is 48.5 Å². The van der Waals surface area contributed by atoms with Gasteiger partial charge in [0, 0.05) is 7.11 Å². The fourth-order valence-electron chi connectivity index (χ4n) is 2.48. The second-order valence-corrected chi connectivity index (χ2v) is 5.56. The molecule has 5 heteroatoms. The lowest BCUT2D eigenvalue weighted by atomic mass is 9.94. The average Bonchev–Trinajstić information content (AvgIpc) is 2.49. The van der Waals surface area contributed by atoms with Crippen LogP contribution in [0.4, 0.5) is 13.2 Å². The fraction of sp³-hybridized carbons (Fsp3) is 0.333. The number of hydrogen-bond donors (Lipinski definition) is 0. The third kappa shape index (κ3) is 4.26. The van der Waals surface area contributed by atoms with E-state index in [4.69, 9.17) is 9.47 Å². The molecule has 0 heterocycles. The number of rotatable bonds is 5. The van der Waals surface area contributed by atoms with E-state index in [1.54, 1.807) is 24.3 Å². The summed E-state index contributed by atoms with van der Waals surface area (Å²) in [5.41, 5.74) is -0.609. The van der Waals surface area contributed by atoms with Gasteiger partial charge in [-0.2, -0.15) is 13.2 Å². The van der Waals surface area contributed by atoms with Crippen molar-refractivity contribution in [2.24, 2.45) is 5.92 Å². The second-order valence-electron chi connectivity index (χ2n) is 5.56. The summed E-state index contributed by atoms with van der Waals surface area (Å²) in [6, 6.07) is 12.7. The van der Waals surface area contributed by atoms with Crippen molar-refractivity contribution < 1.29 is 22.6 Å². The Morgan fingerprint density at radius 1 is 0.913 bits per heavy atom. The van der Waals surface area contributed by atoms with Gasteiger partial charge < -0.3 is 9.47 Å². The first-order valence-corrected chi connectivity index (χ1v) is 7.29. The molecule has 23 heavy (non-hydrogen) atoms. The van der Waals surface area contributed by atoms with Crippen LogP contribution in [0.1, 0.15) is 31.1 Å². The van der Waals surface area contributed by atoms with Crippen molar-refractivity contribution >= 4 is 0 Å². The van der Waals surface area contributed by atoms with Crippen LogP contribution in [0.3, 0.4) is 0 Å². The smallest absolute Gasteiger partial charge is 0.416 e. The molecule has 1 unspecified atom stereocenters. The van der Waals surface area contributed by atoms with E-state index in [-0.39, 0.29) is 17.2 Å². The molecule has 0 radical (unpaired) electrons. The SMILES string of the molecule is COC(c1ccc(Oc2ccccc2)cc1C(F)(F)F)C(C)C. The predicted octanol–water partition coefficient (Wildman–Crippen LogP) is 5.84. The summed E-state index contributed by atoms with van der Waals surface area (Å²) in [7, 11) is 1.42. The molecule has 2 aromatic rings. The first-order valence-electron chi connectivity index (χ1n) is 7.29. The van der Waals surface area contributed by atoms with E-state index >= 15 is 0 Å². The van der Waals surface area contributed by atoms with E-state index in [1.165, 1.54) is 19.2 Å². The maximum absolute atomic E-state index is 13.4. The molecule has 0 fully saturated rings. The Balaban J connectivity index is 2.42. The van der Waals surface area contributed by atoms with Gasteiger partial charge in [0.2, 0.25) is 0 Å². The highest BCUT2D eigenvalue weighted by molar-refractivity contribution is 5.41. The highest BCUT2D eigenvalue weighted by atomic mass is 19.4. The molecule has 0 aliphatic carbocycles. The molecule has 0 aromatic heterocycles. The Kier molecular flexibility index (Phi) is 5.31. The third-order valence-corrected chi connectivity index (χ3v) is 3.48.